The van der Waals surface area contributed by atoms with Crippen LogP contribution in [0.2, 0.25) is 0 Å². The van der Waals surface area contributed by atoms with Gasteiger partial charge in [-0.3, -0.25) is 9.69 Å². The van der Waals surface area contributed by atoms with E-state index in [-0.39, 0.29) is 18.1 Å². The molecule has 1 amide bonds. The molecule has 6 rings (SSSR count). The largest absolute Gasteiger partial charge is 0.370 e. The van der Waals surface area contributed by atoms with Crippen LogP contribution in [0.5, 0.6) is 0 Å². The standard InChI is InChI=1S/C29H36N2O3/c32-29-28(34-20-22-11-5-2-6-12-22)26(33-19-21-9-3-1-4-10-21)17-25-24-14-8-16-30-15-7-13-23(27(24)30)18-31(25)29/h1-6,9-12,23-28H,7-8,13-20H2/t23-,24+,25+,26?,27-,28?/m0/s1. The molecule has 0 saturated carbocycles. The number of benzene rings is 2. The number of hydrogen-bond acceptors (Lipinski definition) is 4. The number of piperidine rings is 4. The molecule has 4 fully saturated rings. The average molecular weight is 461 g/mol. The summed E-state index contributed by atoms with van der Waals surface area (Å²) in [4.78, 5) is 18.9. The van der Waals surface area contributed by atoms with E-state index in [0.29, 0.717) is 31.1 Å². The first-order chi connectivity index (χ1) is 16.8. The maximum atomic E-state index is 13.9. The lowest BCUT2D eigenvalue weighted by Crippen LogP contribution is -2.70. The molecule has 5 nitrogen and oxygen atoms in total. The van der Waals surface area contributed by atoms with Crippen molar-refractivity contribution in [2.24, 2.45) is 11.8 Å². The molecule has 34 heavy (non-hydrogen) atoms. The van der Waals surface area contributed by atoms with Crippen LogP contribution >= 0.6 is 0 Å². The number of fused-ring (bicyclic) bond motifs is 2. The van der Waals surface area contributed by atoms with E-state index in [0.717, 1.165) is 24.1 Å². The van der Waals surface area contributed by atoms with E-state index in [1.54, 1.807) is 0 Å². The summed E-state index contributed by atoms with van der Waals surface area (Å²) in [5, 5.41) is 0. The van der Waals surface area contributed by atoms with Crippen molar-refractivity contribution < 1.29 is 14.3 Å². The second kappa shape index (κ2) is 9.80. The maximum Gasteiger partial charge on any atom is 0.254 e. The number of hydrogen-bond donors (Lipinski definition) is 0. The minimum atomic E-state index is -0.542. The molecule has 0 aliphatic carbocycles. The molecule has 0 N–H and O–H groups in total. The van der Waals surface area contributed by atoms with E-state index >= 15 is 0 Å². The Morgan fingerprint density at radius 2 is 1.47 bits per heavy atom. The third-order valence-electron chi connectivity index (χ3n) is 8.59. The van der Waals surface area contributed by atoms with Gasteiger partial charge < -0.3 is 14.4 Å². The van der Waals surface area contributed by atoms with Crippen LogP contribution in [0.15, 0.2) is 60.7 Å². The van der Waals surface area contributed by atoms with E-state index in [4.69, 9.17) is 9.47 Å². The number of amides is 1. The summed E-state index contributed by atoms with van der Waals surface area (Å²) >= 11 is 0. The molecule has 4 aliphatic rings. The molecule has 0 aromatic heterocycles. The fourth-order valence-corrected chi connectivity index (χ4v) is 7.11. The normalized spacial score (nSPS) is 33.3. The van der Waals surface area contributed by atoms with Gasteiger partial charge in [-0.15, -0.1) is 0 Å². The predicted octanol–water partition coefficient (Wildman–Crippen LogP) is 4.26. The quantitative estimate of drug-likeness (QED) is 0.646. The van der Waals surface area contributed by atoms with Gasteiger partial charge in [0.1, 0.15) is 0 Å². The van der Waals surface area contributed by atoms with Crippen LogP contribution in [-0.4, -0.2) is 59.6 Å². The van der Waals surface area contributed by atoms with E-state index < -0.39 is 6.10 Å². The van der Waals surface area contributed by atoms with Crippen LogP contribution in [0.4, 0.5) is 0 Å². The van der Waals surface area contributed by atoms with Crippen LogP contribution in [-0.2, 0) is 27.5 Å². The first-order valence-electron chi connectivity index (χ1n) is 13.1. The Hall–Kier alpha value is -2.21. The first-order valence-corrected chi connectivity index (χ1v) is 13.1. The van der Waals surface area contributed by atoms with Crippen molar-refractivity contribution in [1.82, 2.24) is 9.80 Å². The van der Waals surface area contributed by atoms with Gasteiger partial charge in [-0.25, -0.2) is 0 Å². The minimum Gasteiger partial charge on any atom is -0.370 e. The average Bonchev–Trinajstić information content (AvgIpc) is 2.89. The van der Waals surface area contributed by atoms with Gasteiger partial charge in [0, 0.05) is 18.6 Å². The van der Waals surface area contributed by atoms with Crippen LogP contribution in [0.3, 0.4) is 0 Å². The molecule has 0 spiro atoms. The van der Waals surface area contributed by atoms with Crippen molar-refractivity contribution in [3.63, 3.8) is 0 Å². The molecule has 2 unspecified atom stereocenters. The minimum absolute atomic E-state index is 0.145. The third kappa shape index (κ3) is 4.30. The van der Waals surface area contributed by atoms with Crippen molar-refractivity contribution in [3.8, 4) is 0 Å². The Morgan fingerprint density at radius 1 is 0.824 bits per heavy atom. The Bertz CT molecular complexity index is 966. The van der Waals surface area contributed by atoms with Gasteiger partial charge in [-0.05, 0) is 68.2 Å². The van der Waals surface area contributed by atoms with E-state index in [1.807, 2.05) is 36.4 Å². The zero-order chi connectivity index (χ0) is 22.9. The van der Waals surface area contributed by atoms with Gasteiger partial charge in [0.25, 0.3) is 5.91 Å². The van der Waals surface area contributed by atoms with Crippen molar-refractivity contribution in [3.05, 3.63) is 71.8 Å². The van der Waals surface area contributed by atoms with Crippen molar-refractivity contribution >= 4 is 5.91 Å². The fourth-order valence-electron chi connectivity index (χ4n) is 7.11. The fraction of sp³-hybridized carbons (Fsp3) is 0.552. The molecule has 0 bridgehead atoms. The number of carbonyl (C=O) groups excluding carboxylic acids is 1. The topological polar surface area (TPSA) is 42.0 Å². The molecule has 4 heterocycles. The lowest BCUT2D eigenvalue weighted by molar-refractivity contribution is -0.189. The lowest BCUT2D eigenvalue weighted by atomic mass is 9.67. The second-order valence-corrected chi connectivity index (χ2v) is 10.6. The lowest BCUT2D eigenvalue weighted by Gasteiger charge is -2.59. The van der Waals surface area contributed by atoms with Crippen LogP contribution in [0.25, 0.3) is 0 Å². The van der Waals surface area contributed by atoms with Gasteiger partial charge in [0.15, 0.2) is 6.10 Å². The molecule has 2 aromatic carbocycles. The molecular formula is C29H36N2O3. The van der Waals surface area contributed by atoms with Gasteiger partial charge in [0.2, 0.25) is 0 Å². The Kier molecular flexibility index (Phi) is 6.42. The summed E-state index contributed by atoms with van der Waals surface area (Å²) in [5.74, 6) is 1.32. The monoisotopic (exact) mass is 460 g/mol. The SMILES string of the molecule is O=C1C(OCc2ccccc2)C(OCc2ccccc2)C[C@@H]2[C@H]3CCCN4CCC[C@@H](CN12)[C@@H]34. The van der Waals surface area contributed by atoms with E-state index in [1.165, 1.54) is 38.8 Å². The number of carbonyl (C=O) groups is 1. The van der Waals surface area contributed by atoms with Crippen molar-refractivity contribution in [2.75, 3.05) is 19.6 Å². The summed E-state index contributed by atoms with van der Waals surface area (Å²) in [5.41, 5.74) is 2.23. The molecule has 6 atom stereocenters. The smallest absolute Gasteiger partial charge is 0.254 e. The molecule has 4 saturated heterocycles. The maximum absolute atomic E-state index is 13.9. The molecule has 0 radical (unpaired) electrons. The van der Waals surface area contributed by atoms with E-state index in [9.17, 15) is 4.79 Å². The summed E-state index contributed by atoms with van der Waals surface area (Å²) in [6, 6.07) is 21.3. The zero-order valence-corrected chi connectivity index (χ0v) is 19.9. The van der Waals surface area contributed by atoms with Crippen LogP contribution in [0, 0.1) is 11.8 Å². The van der Waals surface area contributed by atoms with Gasteiger partial charge in [-0.2, -0.15) is 0 Å². The molecule has 5 heteroatoms. The highest BCUT2D eigenvalue weighted by molar-refractivity contribution is 5.83. The summed E-state index contributed by atoms with van der Waals surface area (Å²) in [6.45, 7) is 4.30. The van der Waals surface area contributed by atoms with Crippen molar-refractivity contribution in [1.29, 1.82) is 0 Å². The Morgan fingerprint density at radius 3 is 2.18 bits per heavy atom. The predicted molar refractivity (Wildman–Crippen MR) is 131 cm³/mol. The number of ether oxygens (including phenoxy) is 2. The highest BCUT2D eigenvalue weighted by atomic mass is 16.5. The van der Waals surface area contributed by atoms with Gasteiger partial charge in [-0.1, -0.05) is 60.7 Å². The first kappa shape index (κ1) is 22.3. The second-order valence-electron chi connectivity index (χ2n) is 10.6. The Balaban J connectivity index is 1.24. The summed E-state index contributed by atoms with van der Waals surface area (Å²) in [7, 11) is 0. The Labute approximate surface area is 203 Å². The third-order valence-corrected chi connectivity index (χ3v) is 8.59. The summed E-state index contributed by atoms with van der Waals surface area (Å²) in [6.07, 6.45) is 5.10. The summed E-state index contributed by atoms with van der Waals surface area (Å²) < 4.78 is 12.8. The number of nitrogens with zero attached hydrogens (tertiary/aromatic N) is 2. The van der Waals surface area contributed by atoms with Gasteiger partial charge >= 0.3 is 0 Å². The van der Waals surface area contributed by atoms with Gasteiger partial charge in [0.05, 0.1) is 19.3 Å². The highest BCUT2D eigenvalue weighted by Crippen LogP contribution is 2.45. The van der Waals surface area contributed by atoms with E-state index in [2.05, 4.69) is 34.1 Å². The number of rotatable bonds is 6. The molecular weight excluding hydrogens is 424 g/mol. The molecule has 180 valence electrons. The van der Waals surface area contributed by atoms with Crippen molar-refractivity contribution in [2.45, 2.75) is 69.6 Å². The van der Waals surface area contributed by atoms with Crippen LogP contribution < -0.4 is 0 Å². The highest BCUT2D eigenvalue weighted by Gasteiger charge is 2.54. The molecule has 2 aromatic rings. The molecule has 4 aliphatic heterocycles. The van der Waals surface area contributed by atoms with Crippen LogP contribution in [0.1, 0.15) is 43.2 Å². The zero-order valence-electron chi connectivity index (χ0n) is 19.9.